The van der Waals surface area contributed by atoms with Crippen molar-refractivity contribution in [3.05, 3.63) is 95.2 Å². The number of ketones is 1. The van der Waals surface area contributed by atoms with Crippen LogP contribution >= 0.6 is 0 Å². The number of hydrogen-bond acceptors (Lipinski definition) is 1. The van der Waals surface area contributed by atoms with Crippen molar-refractivity contribution in [2.24, 2.45) is 0 Å². The highest BCUT2D eigenvalue weighted by molar-refractivity contribution is 5.97. The Bertz CT molecular complexity index is 686. The molecule has 0 unspecified atom stereocenters. The maximum atomic E-state index is 11.5. The first-order valence-corrected chi connectivity index (χ1v) is 8.93. The normalized spacial score (nSPS) is 19.8. The van der Waals surface area contributed by atoms with Crippen molar-refractivity contribution >= 4 is 5.78 Å². The molecule has 0 atom stereocenters. The zero-order valence-corrected chi connectivity index (χ0v) is 16.0. The average molecular weight is 335 g/mol. The molecular formula is C24H30O. The molecule has 1 aliphatic rings. The first-order chi connectivity index (χ1) is 12.0. The van der Waals surface area contributed by atoms with Crippen LogP contribution in [0.1, 0.15) is 47.0 Å². The van der Waals surface area contributed by atoms with E-state index < -0.39 is 0 Å². The molecule has 1 aliphatic carbocycles. The second-order valence-electron chi connectivity index (χ2n) is 6.30. The van der Waals surface area contributed by atoms with Crippen LogP contribution in [0.3, 0.4) is 0 Å². The fourth-order valence-corrected chi connectivity index (χ4v) is 2.43. The van der Waals surface area contributed by atoms with Gasteiger partial charge in [0.15, 0.2) is 5.78 Å². The van der Waals surface area contributed by atoms with E-state index in [-0.39, 0.29) is 0 Å². The van der Waals surface area contributed by atoms with Crippen LogP contribution in [0, 0.1) is 0 Å². The molecule has 1 saturated carbocycles. The first kappa shape index (κ1) is 20.6. The second kappa shape index (κ2) is 12.0. The predicted octanol–water partition coefficient (Wildman–Crippen LogP) is 6.75. The highest BCUT2D eigenvalue weighted by Gasteiger charge is 2.15. The van der Waals surface area contributed by atoms with Gasteiger partial charge in [-0.1, -0.05) is 89.6 Å². The molecule has 0 aromatic carbocycles. The lowest BCUT2D eigenvalue weighted by Crippen LogP contribution is -1.89. The number of Topliss-reactive ketones (excluding diaryl/α,β-unsaturated/α-hetero) is 1. The van der Waals surface area contributed by atoms with E-state index in [1.54, 1.807) is 0 Å². The van der Waals surface area contributed by atoms with Crippen LogP contribution < -0.4 is 0 Å². The minimum atomic E-state index is 0.301. The van der Waals surface area contributed by atoms with Crippen molar-refractivity contribution in [3.63, 3.8) is 0 Å². The van der Waals surface area contributed by atoms with Gasteiger partial charge in [0.1, 0.15) is 0 Å². The summed E-state index contributed by atoms with van der Waals surface area (Å²) in [6, 6.07) is 0. The third-order valence-electron chi connectivity index (χ3n) is 3.84. The van der Waals surface area contributed by atoms with Gasteiger partial charge in [-0.2, -0.15) is 0 Å². The van der Waals surface area contributed by atoms with Gasteiger partial charge in [-0.25, -0.2) is 0 Å². The Morgan fingerprint density at radius 2 is 1.32 bits per heavy atom. The van der Waals surface area contributed by atoms with Crippen LogP contribution in [0.2, 0.25) is 0 Å². The van der Waals surface area contributed by atoms with Gasteiger partial charge in [-0.15, -0.1) is 0 Å². The maximum absolute atomic E-state index is 11.5. The number of allylic oxidation sites excluding steroid dienone is 16. The molecule has 0 bridgehead atoms. The molecular weight excluding hydrogens is 304 g/mol. The van der Waals surface area contributed by atoms with Gasteiger partial charge in [0.2, 0.25) is 0 Å². The summed E-state index contributed by atoms with van der Waals surface area (Å²) >= 11 is 0. The molecule has 25 heavy (non-hydrogen) atoms. The van der Waals surface area contributed by atoms with Crippen molar-refractivity contribution in [1.82, 2.24) is 0 Å². The van der Waals surface area contributed by atoms with Crippen molar-refractivity contribution in [3.8, 4) is 0 Å². The van der Waals surface area contributed by atoms with Crippen LogP contribution in [0.5, 0.6) is 0 Å². The summed E-state index contributed by atoms with van der Waals surface area (Å²) in [5.41, 5.74) is 4.56. The monoisotopic (exact) mass is 334 g/mol. The molecule has 1 nitrogen and oxygen atoms in total. The van der Waals surface area contributed by atoms with E-state index in [1.165, 1.54) is 11.1 Å². The van der Waals surface area contributed by atoms with Crippen LogP contribution in [0.15, 0.2) is 95.2 Å². The average Bonchev–Trinajstić information content (AvgIpc) is 2.97. The minimum Gasteiger partial charge on any atom is -0.295 e. The largest absolute Gasteiger partial charge is 0.295 e. The van der Waals surface area contributed by atoms with Crippen molar-refractivity contribution in [1.29, 1.82) is 0 Å². The van der Waals surface area contributed by atoms with E-state index in [0.29, 0.717) is 12.2 Å². The Morgan fingerprint density at radius 3 is 1.88 bits per heavy atom. The Balaban J connectivity index is 2.51. The van der Waals surface area contributed by atoms with Gasteiger partial charge in [0.05, 0.1) is 0 Å². The maximum Gasteiger partial charge on any atom is 0.158 e. The standard InChI is InChI=1S/C24H30O/c1-5-11-20(2)14-8-15-21(3)12-6-7-13-22(4)16-9-17-23-18-10-19-24(23)25/h5-9,11-17H,10,18-19H2,1-4H3/b7-6+,11-5+,15-8+,16-9+,20-14+,21-12+,22-13+,23-17+. The SMILES string of the molecule is C/C=C/C(C)=C/C=C/C(C)=C/C=C/C=C(C)/C=C/C=C1\CCCC1=O. The summed E-state index contributed by atoms with van der Waals surface area (Å²) in [5, 5.41) is 0. The summed E-state index contributed by atoms with van der Waals surface area (Å²) < 4.78 is 0. The van der Waals surface area contributed by atoms with Gasteiger partial charge in [-0.05, 0) is 46.1 Å². The van der Waals surface area contributed by atoms with E-state index in [2.05, 4.69) is 57.2 Å². The van der Waals surface area contributed by atoms with E-state index in [9.17, 15) is 4.79 Å². The Morgan fingerprint density at radius 1 is 0.760 bits per heavy atom. The smallest absolute Gasteiger partial charge is 0.158 e. The quantitative estimate of drug-likeness (QED) is 0.372. The fraction of sp³-hybridized carbons (Fsp3) is 0.292. The third kappa shape index (κ3) is 9.46. The van der Waals surface area contributed by atoms with E-state index >= 15 is 0 Å². The van der Waals surface area contributed by atoms with Gasteiger partial charge < -0.3 is 0 Å². The molecule has 0 radical (unpaired) electrons. The fourth-order valence-electron chi connectivity index (χ4n) is 2.43. The van der Waals surface area contributed by atoms with Gasteiger partial charge in [0, 0.05) is 6.42 Å². The first-order valence-electron chi connectivity index (χ1n) is 8.93. The summed E-state index contributed by atoms with van der Waals surface area (Å²) in [5.74, 6) is 0.301. The second-order valence-corrected chi connectivity index (χ2v) is 6.30. The lowest BCUT2D eigenvalue weighted by Gasteiger charge is -1.91. The van der Waals surface area contributed by atoms with Crippen molar-refractivity contribution < 1.29 is 4.79 Å². The highest BCUT2D eigenvalue weighted by atomic mass is 16.1. The van der Waals surface area contributed by atoms with Crippen LogP contribution in [-0.4, -0.2) is 5.78 Å². The molecule has 1 heteroatoms. The van der Waals surface area contributed by atoms with Crippen LogP contribution in [-0.2, 0) is 4.79 Å². The van der Waals surface area contributed by atoms with Gasteiger partial charge in [0.25, 0.3) is 0 Å². The van der Waals surface area contributed by atoms with Crippen molar-refractivity contribution in [2.75, 3.05) is 0 Å². The zero-order chi connectivity index (χ0) is 18.5. The Labute approximate surface area is 153 Å². The highest BCUT2D eigenvalue weighted by Crippen LogP contribution is 2.20. The lowest BCUT2D eigenvalue weighted by atomic mass is 10.1. The summed E-state index contributed by atoms with van der Waals surface area (Å²) in [7, 11) is 0. The van der Waals surface area contributed by atoms with Crippen LogP contribution in [0.4, 0.5) is 0 Å². The number of hydrogen-bond donors (Lipinski definition) is 0. The lowest BCUT2D eigenvalue weighted by molar-refractivity contribution is -0.114. The topological polar surface area (TPSA) is 17.1 Å². The van der Waals surface area contributed by atoms with E-state index in [4.69, 9.17) is 0 Å². The molecule has 132 valence electrons. The van der Waals surface area contributed by atoms with Crippen molar-refractivity contribution in [2.45, 2.75) is 47.0 Å². The number of carbonyl (C=O) groups excluding carboxylic acids is 1. The molecule has 0 aromatic heterocycles. The molecule has 0 heterocycles. The molecule has 0 N–H and O–H groups in total. The minimum absolute atomic E-state index is 0.301. The molecule has 1 fully saturated rings. The molecule has 0 saturated heterocycles. The van der Waals surface area contributed by atoms with Gasteiger partial charge >= 0.3 is 0 Å². The third-order valence-corrected chi connectivity index (χ3v) is 3.84. The van der Waals surface area contributed by atoms with E-state index in [0.717, 1.165) is 24.0 Å². The number of rotatable bonds is 7. The summed E-state index contributed by atoms with van der Waals surface area (Å²) in [6.07, 6.45) is 27.2. The van der Waals surface area contributed by atoms with Crippen LogP contribution in [0.25, 0.3) is 0 Å². The molecule has 0 aromatic rings. The molecule has 0 spiro atoms. The molecule has 1 rings (SSSR count). The molecule has 0 aliphatic heterocycles. The number of carbonyl (C=O) groups is 1. The Hall–Kier alpha value is -2.41. The van der Waals surface area contributed by atoms with Gasteiger partial charge in [-0.3, -0.25) is 4.79 Å². The summed E-state index contributed by atoms with van der Waals surface area (Å²) in [4.78, 5) is 11.5. The zero-order valence-electron chi connectivity index (χ0n) is 16.0. The molecule has 0 amide bonds. The van der Waals surface area contributed by atoms with E-state index in [1.807, 2.05) is 43.4 Å². The summed E-state index contributed by atoms with van der Waals surface area (Å²) in [6.45, 7) is 8.25. The Kier molecular flexibility index (Phi) is 9.92. The predicted molar refractivity (Wildman–Crippen MR) is 110 cm³/mol.